The Labute approximate surface area is 115 Å². The first-order chi connectivity index (χ1) is 8.97. The van der Waals surface area contributed by atoms with Crippen molar-refractivity contribution in [1.82, 2.24) is 5.32 Å². The summed E-state index contributed by atoms with van der Waals surface area (Å²) in [6.45, 7) is 8.90. The van der Waals surface area contributed by atoms with E-state index in [9.17, 15) is 9.90 Å². The first-order valence-electron chi connectivity index (χ1n) is 6.72. The number of hydrogen-bond donors (Lipinski definition) is 2. The van der Waals surface area contributed by atoms with E-state index in [-0.39, 0.29) is 18.6 Å². The molecule has 0 aliphatic heterocycles. The lowest BCUT2D eigenvalue weighted by Crippen LogP contribution is -2.40. The Balaban J connectivity index is 2.88. The number of nitrogens with one attached hydrogen (secondary N) is 1. The molecule has 4 heteroatoms. The van der Waals surface area contributed by atoms with Gasteiger partial charge in [-0.15, -0.1) is 0 Å². The highest BCUT2D eigenvalue weighted by atomic mass is 16.3. The Hall–Kier alpha value is -1.55. The molecule has 0 radical (unpaired) electrons. The minimum atomic E-state index is -0.0146. The number of aryl methyl sites for hydroxylation is 1. The van der Waals surface area contributed by atoms with Gasteiger partial charge in [0.25, 0.3) is 0 Å². The Morgan fingerprint density at radius 3 is 2.63 bits per heavy atom. The lowest BCUT2D eigenvalue weighted by molar-refractivity contribution is -0.120. The second-order valence-electron chi connectivity index (χ2n) is 5.03. The zero-order chi connectivity index (χ0) is 14.4. The summed E-state index contributed by atoms with van der Waals surface area (Å²) in [5.41, 5.74) is 2.89. The number of aliphatic hydroxyl groups is 1. The van der Waals surface area contributed by atoms with Crippen LogP contribution in [0.2, 0.25) is 0 Å². The normalized spacial score (nSPS) is 10.6. The number of rotatable bonds is 6. The third-order valence-electron chi connectivity index (χ3n) is 2.91. The van der Waals surface area contributed by atoms with Crippen LogP contribution >= 0.6 is 0 Å². The van der Waals surface area contributed by atoms with E-state index in [2.05, 4.69) is 5.32 Å². The number of likely N-dealkylation sites (N-methyl/N-ethyl adjacent to an activating group) is 1. The van der Waals surface area contributed by atoms with Gasteiger partial charge < -0.3 is 15.3 Å². The fourth-order valence-corrected chi connectivity index (χ4v) is 2.06. The fraction of sp³-hybridized carbons (Fsp3) is 0.533. The molecule has 106 valence electrons. The highest BCUT2D eigenvalue weighted by molar-refractivity contribution is 5.81. The van der Waals surface area contributed by atoms with Crippen LogP contribution in [0.3, 0.4) is 0 Å². The van der Waals surface area contributed by atoms with Gasteiger partial charge in [-0.3, -0.25) is 4.79 Å². The third kappa shape index (κ3) is 4.56. The Morgan fingerprint density at radius 2 is 2.11 bits per heavy atom. The van der Waals surface area contributed by atoms with E-state index in [0.29, 0.717) is 6.54 Å². The van der Waals surface area contributed by atoms with Gasteiger partial charge in [0.15, 0.2) is 0 Å². The molecule has 0 heterocycles. The summed E-state index contributed by atoms with van der Waals surface area (Å²) in [6.07, 6.45) is 0. The van der Waals surface area contributed by atoms with Crippen molar-refractivity contribution in [1.29, 1.82) is 0 Å². The molecule has 1 aromatic carbocycles. The second kappa shape index (κ2) is 7.14. The Bertz CT molecular complexity index is 430. The SMILES string of the molecule is CCN(CC(=O)NC(C)C)c1ccc(C)cc1CO. The highest BCUT2D eigenvalue weighted by Gasteiger charge is 2.13. The number of anilines is 1. The summed E-state index contributed by atoms with van der Waals surface area (Å²) in [6, 6.07) is 6.06. The van der Waals surface area contributed by atoms with E-state index in [1.807, 2.05) is 50.8 Å². The molecule has 0 atom stereocenters. The van der Waals surface area contributed by atoms with Gasteiger partial charge in [-0.1, -0.05) is 17.7 Å². The molecule has 19 heavy (non-hydrogen) atoms. The molecule has 0 bridgehead atoms. The molecule has 0 saturated heterocycles. The van der Waals surface area contributed by atoms with E-state index in [0.717, 1.165) is 23.4 Å². The predicted molar refractivity (Wildman–Crippen MR) is 78.3 cm³/mol. The summed E-state index contributed by atoms with van der Waals surface area (Å²) in [7, 11) is 0. The molecule has 0 spiro atoms. The molecular weight excluding hydrogens is 240 g/mol. The van der Waals surface area contributed by atoms with Gasteiger partial charge in [-0.05, 0) is 33.8 Å². The smallest absolute Gasteiger partial charge is 0.239 e. The monoisotopic (exact) mass is 264 g/mol. The van der Waals surface area contributed by atoms with Crippen LogP contribution in [0.25, 0.3) is 0 Å². The zero-order valence-corrected chi connectivity index (χ0v) is 12.2. The van der Waals surface area contributed by atoms with Crippen LogP contribution in [-0.2, 0) is 11.4 Å². The number of carbonyl (C=O) groups excluding carboxylic acids is 1. The minimum absolute atomic E-state index is 0.00122. The van der Waals surface area contributed by atoms with Crippen molar-refractivity contribution in [2.75, 3.05) is 18.0 Å². The quantitative estimate of drug-likeness (QED) is 0.824. The molecule has 0 saturated carbocycles. The van der Waals surface area contributed by atoms with Crippen LogP contribution in [0.4, 0.5) is 5.69 Å². The van der Waals surface area contributed by atoms with Gasteiger partial charge >= 0.3 is 0 Å². The Morgan fingerprint density at radius 1 is 1.42 bits per heavy atom. The van der Waals surface area contributed by atoms with E-state index in [1.54, 1.807) is 0 Å². The Kier molecular flexibility index (Phi) is 5.83. The van der Waals surface area contributed by atoms with E-state index < -0.39 is 0 Å². The number of nitrogens with zero attached hydrogens (tertiary/aromatic N) is 1. The summed E-state index contributed by atoms with van der Waals surface area (Å²) in [5, 5.41) is 12.3. The molecule has 0 aromatic heterocycles. The maximum absolute atomic E-state index is 11.8. The van der Waals surface area contributed by atoms with Crippen molar-refractivity contribution in [3.05, 3.63) is 29.3 Å². The molecule has 0 unspecified atom stereocenters. The average Bonchev–Trinajstić information content (AvgIpc) is 2.35. The molecule has 2 N–H and O–H groups in total. The molecular formula is C15H24N2O2. The number of hydrogen-bond acceptors (Lipinski definition) is 3. The van der Waals surface area contributed by atoms with Crippen molar-refractivity contribution in [2.45, 2.75) is 40.3 Å². The highest BCUT2D eigenvalue weighted by Crippen LogP contribution is 2.21. The van der Waals surface area contributed by atoms with Crippen molar-refractivity contribution in [3.63, 3.8) is 0 Å². The molecule has 0 aliphatic carbocycles. The van der Waals surface area contributed by atoms with Crippen LogP contribution in [-0.4, -0.2) is 30.1 Å². The zero-order valence-electron chi connectivity index (χ0n) is 12.2. The van der Waals surface area contributed by atoms with Crippen LogP contribution in [0.1, 0.15) is 31.9 Å². The number of carbonyl (C=O) groups is 1. The van der Waals surface area contributed by atoms with E-state index in [1.165, 1.54) is 0 Å². The van der Waals surface area contributed by atoms with Crippen molar-refractivity contribution in [2.24, 2.45) is 0 Å². The maximum atomic E-state index is 11.8. The molecule has 1 rings (SSSR count). The number of amides is 1. The molecule has 4 nitrogen and oxygen atoms in total. The lowest BCUT2D eigenvalue weighted by atomic mass is 10.1. The summed E-state index contributed by atoms with van der Waals surface area (Å²) < 4.78 is 0. The number of aliphatic hydroxyl groups excluding tert-OH is 1. The van der Waals surface area contributed by atoms with Crippen molar-refractivity contribution in [3.8, 4) is 0 Å². The first-order valence-corrected chi connectivity index (χ1v) is 6.72. The van der Waals surface area contributed by atoms with Crippen LogP contribution in [0.15, 0.2) is 18.2 Å². The second-order valence-corrected chi connectivity index (χ2v) is 5.03. The van der Waals surface area contributed by atoms with Gasteiger partial charge in [0.2, 0.25) is 5.91 Å². The minimum Gasteiger partial charge on any atom is -0.392 e. The molecule has 0 aliphatic rings. The summed E-state index contributed by atoms with van der Waals surface area (Å²) >= 11 is 0. The summed E-state index contributed by atoms with van der Waals surface area (Å²) in [4.78, 5) is 13.8. The van der Waals surface area contributed by atoms with E-state index in [4.69, 9.17) is 0 Å². The van der Waals surface area contributed by atoms with E-state index >= 15 is 0 Å². The predicted octanol–water partition coefficient (Wildman–Crippen LogP) is 1.84. The van der Waals surface area contributed by atoms with Gasteiger partial charge in [-0.2, -0.15) is 0 Å². The molecule has 0 fully saturated rings. The van der Waals surface area contributed by atoms with Gasteiger partial charge in [0.1, 0.15) is 0 Å². The van der Waals surface area contributed by atoms with Gasteiger partial charge in [0, 0.05) is 23.8 Å². The van der Waals surface area contributed by atoms with Crippen molar-refractivity contribution < 1.29 is 9.90 Å². The molecule has 1 aromatic rings. The first kappa shape index (κ1) is 15.5. The van der Waals surface area contributed by atoms with Gasteiger partial charge in [-0.25, -0.2) is 0 Å². The number of benzene rings is 1. The van der Waals surface area contributed by atoms with Crippen LogP contribution in [0.5, 0.6) is 0 Å². The lowest BCUT2D eigenvalue weighted by Gasteiger charge is -2.25. The van der Waals surface area contributed by atoms with Crippen LogP contribution < -0.4 is 10.2 Å². The van der Waals surface area contributed by atoms with Crippen molar-refractivity contribution >= 4 is 11.6 Å². The maximum Gasteiger partial charge on any atom is 0.239 e. The topological polar surface area (TPSA) is 52.6 Å². The average molecular weight is 264 g/mol. The standard InChI is InChI=1S/C15H24N2O2/c1-5-17(9-15(19)16-11(2)3)14-7-6-12(4)8-13(14)10-18/h6-8,11,18H,5,9-10H2,1-4H3,(H,16,19). The fourth-order valence-electron chi connectivity index (χ4n) is 2.06. The largest absolute Gasteiger partial charge is 0.392 e. The molecule has 1 amide bonds. The van der Waals surface area contributed by atoms with Crippen LogP contribution in [0, 0.1) is 6.92 Å². The summed E-state index contributed by atoms with van der Waals surface area (Å²) in [5.74, 6) is 0.00122. The van der Waals surface area contributed by atoms with Gasteiger partial charge in [0.05, 0.1) is 13.2 Å². The third-order valence-corrected chi connectivity index (χ3v) is 2.91.